The summed E-state index contributed by atoms with van der Waals surface area (Å²) in [6, 6.07) is 0. The predicted octanol–water partition coefficient (Wildman–Crippen LogP) is 0.375. The van der Waals surface area contributed by atoms with Crippen LogP contribution in [-0.4, -0.2) is 34.6 Å². The molecule has 5 heteroatoms. The van der Waals surface area contributed by atoms with Gasteiger partial charge in [0.1, 0.15) is 6.61 Å². The number of nitrogens with zero attached hydrogens (tertiary/aromatic N) is 2. The molecule has 0 aromatic carbocycles. The van der Waals surface area contributed by atoms with Crippen molar-refractivity contribution in [1.82, 2.24) is 15.1 Å². The number of nitrogens with one attached hydrogen (secondary N) is 1. The van der Waals surface area contributed by atoms with Gasteiger partial charge in [0.15, 0.2) is 0 Å². The first-order valence-electron chi connectivity index (χ1n) is 5.28. The molecule has 0 aliphatic heterocycles. The fourth-order valence-electron chi connectivity index (χ4n) is 1.50. The summed E-state index contributed by atoms with van der Waals surface area (Å²) in [7, 11) is 1.85. The second-order valence-corrected chi connectivity index (χ2v) is 3.49. The van der Waals surface area contributed by atoms with Gasteiger partial charge in [-0.2, -0.15) is 5.10 Å². The van der Waals surface area contributed by atoms with Crippen LogP contribution in [0.25, 0.3) is 0 Å². The number of ether oxygens (including phenoxy) is 1. The van der Waals surface area contributed by atoms with Crippen molar-refractivity contribution < 1.29 is 9.84 Å². The molecule has 0 aliphatic carbocycles. The van der Waals surface area contributed by atoms with Crippen LogP contribution in [0, 0.1) is 6.92 Å². The second kappa shape index (κ2) is 6.30. The minimum Gasteiger partial charge on any atom is -0.473 e. The van der Waals surface area contributed by atoms with Crippen LogP contribution in [0.5, 0.6) is 5.88 Å². The Morgan fingerprint density at radius 1 is 1.62 bits per heavy atom. The zero-order valence-corrected chi connectivity index (χ0v) is 9.86. The standard InChI is InChI=1S/C11H19N3O2/c1-4-7-16-11-10(8-12-5-6-15)9(2)13-14(11)3/h4,12,15H,1,5-8H2,2-3H3. The van der Waals surface area contributed by atoms with E-state index >= 15 is 0 Å². The Bertz CT molecular complexity index is 347. The van der Waals surface area contributed by atoms with Crippen molar-refractivity contribution in [2.24, 2.45) is 7.05 Å². The number of aliphatic hydroxyl groups excluding tert-OH is 1. The zero-order chi connectivity index (χ0) is 12.0. The van der Waals surface area contributed by atoms with Crippen LogP contribution in [0.4, 0.5) is 0 Å². The van der Waals surface area contributed by atoms with E-state index in [1.54, 1.807) is 10.8 Å². The Morgan fingerprint density at radius 2 is 2.38 bits per heavy atom. The molecule has 0 atom stereocenters. The van der Waals surface area contributed by atoms with Crippen molar-refractivity contribution in [2.75, 3.05) is 19.8 Å². The van der Waals surface area contributed by atoms with Gasteiger partial charge in [-0.15, -0.1) is 0 Å². The maximum atomic E-state index is 8.70. The zero-order valence-electron chi connectivity index (χ0n) is 9.86. The van der Waals surface area contributed by atoms with Crippen molar-refractivity contribution >= 4 is 0 Å². The van der Waals surface area contributed by atoms with Crippen LogP contribution in [0.3, 0.4) is 0 Å². The highest BCUT2D eigenvalue weighted by Crippen LogP contribution is 2.20. The number of hydrogen-bond acceptors (Lipinski definition) is 4. The lowest BCUT2D eigenvalue weighted by Gasteiger charge is -2.07. The molecule has 90 valence electrons. The molecule has 0 aliphatic rings. The molecule has 5 nitrogen and oxygen atoms in total. The van der Waals surface area contributed by atoms with Crippen LogP contribution in [0.2, 0.25) is 0 Å². The molecule has 1 aromatic rings. The Kier molecular flexibility index (Phi) is 5.01. The molecule has 1 heterocycles. The largest absolute Gasteiger partial charge is 0.473 e. The van der Waals surface area contributed by atoms with E-state index < -0.39 is 0 Å². The molecule has 0 radical (unpaired) electrons. The highest BCUT2D eigenvalue weighted by molar-refractivity contribution is 5.30. The molecule has 0 bridgehead atoms. The quantitative estimate of drug-likeness (QED) is 0.520. The third kappa shape index (κ3) is 3.08. The minimum absolute atomic E-state index is 0.127. The van der Waals surface area contributed by atoms with Crippen molar-refractivity contribution in [3.63, 3.8) is 0 Å². The van der Waals surface area contributed by atoms with Crippen LogP contribution in [-0.2, 0) is 13.6 Å². The highest BCUT2D eigenvalue weighted by atomic mass is 16.5. The van der Waals surface area contributed by atoms with Crippen molar-refractivity contribution in [3.8, 4) is 5.88 Å². The smallest absolute Gasteiger partial charge is 0.216 e. The molecule has 0 fully saturated rings. The van der Waals surface area contributed by atoms with Gasteiger partial charge in [-0.05, 0) is 6.92 Å². The second-order valence-electron chi connectivity index (χ2n) is 3.49. The van der Waals surface area contributed by atoms with Gasteiger partial charge in [0.05, 0.1) is 17.9 Å². The SMILES string of the molecule is C=CCOc1c(CNCCO)c(C)nn1C. The topological polar surface area (TPSA) is 59.3 Å². The van der Waals surface area contributed by atoms with Crippen LogP contribution >= 0.6 is 0 Å². The fraction of sp³-hybridized carbons (Fsp3) is 0.545. The summed E-state index contributed by atoms with van der Waals surface area (Å²) in [4.78, 5) is 0. The van der Waals surface area contributed by atoms with Crippen molar-refractivity contribution in [2.45, 2.75) is 13.5 Å². The normalized spacial score (nSPS) is 10.4. The molecule has 16 heavy (non-hydrogen) atoms. The molecule has 0 unspecified atom stereocenters. The van der Waals surface area contributed by atoms with E-state index in [1.807, 2.05) is 14.0 Å². The van der Waals surface area contributed by atoms with Crippen LogP contribution in [0.1, 0.15) is 11.3 Å². The molecule has 0 amide bonds. The lowest BCUT2D eigenvalue weighted by molar-refractivity contribution is 0.290. The van der Waals surface area contributed by atoms with E-state index in [9.17, 15) is 0 Å². The van der Waals surface area contributed by atoms with Crippen LogP contribution in [0.15, 0.2) is 12.7 Å². The summed E-state index contributed by atoms with van der Waals surface area (Å²) in [6.45, 7) is 7.36. The number of aromatic nitrogens is 2. The van der Waals surface area contributed by atoms with Gasteiger partial charge >= 0.3 is 0 Å². The first-order chi connectivity index (χ1) is 7.70. The average Bonchev–Trinajstić information content (AvgIpc) is 2.52. The average molecular weight is 225 g/mol. The summed E-state index contributed by atoms with van der Waals surface area (Å²) in [5.74, 6) is 0.753. The maximum Gasteiger partial charge on any atom is 0.216 e. The van der Waals surface area contributed by atoms with Crippen molar-refractivity contribution in [3.05, 3.63) is 23.9 Å². The van der Waals surface area contributed by atoms with E-state index in [2.05, 4.69) is 17.0 Å². The molecule has 0 spiro atoms. The van der Waals surface area contributed by atoms with E-state index in [0.717, 1.165) is 17.1 Å². The molecule has 1 aromatic heterocycles. The molecule has 0 saturated heterocycles. The van der Waals surface area contributed by atoms with E-state index in [4.69, 9.17) is 9.84 Å². The molecular weight excluding hydrogens is 206 g/mol. The maximum absolute atomic E-state index is 8.70. The molecule has 2 N–H and O–H groups in total. The third-order valence-electron chi connectivity index (χ3n) is 2.22. The summed E-state index contributed by atoms with van der Waals surface area (Å²) in [5.41, 5.74) is 1.96. The van der Waals surface area contributed by atoms with Gasteiger partial charge in [-0.1, -0.05) is 12.7 Å². The van der Waals surface area contributed by atoms with Gasteiger partial charge in [0, 0.05) is 20.1 Å². The van der Waals surface area contributed by atoms with E-state index in [0.29, 0.717) is 19.7 Å². The summed E-state index contributed by atoms with van der Waals surface area (Å²) in [5, 5.41) is 16.1. The number of aliphatic hydroxyl groups is 1. The van der Waals surface area contributed by atoms with Gasteiger partial charge in [-0.25, -0.2) is 4.68 Å². The molecular formula is C11H19N3O2. The lowest BCUT2D eigenvalue weighted by Crippen LogP contribution is -2.18. The molecule has 1 rings (SSSR count). The van der Waals surface area contributed by atoms with E-state index in [1.165, 1.54) is 0 Å². The molecule has 0 saturated carbocycles. The fourth-order valence-corrected chi connectivity index (χ4v) is 1.50. The van der Waals surface area contributed by atoms with Crippen LogP contribution < -0.4 is 10.1 Å². The number of hydrogen-bond donors (Lipinski definition) is 2. The Hall–Kier alpha value is -1.33. The Morgan fingerprint density at radius 3 is 3.00 bits per heavy atom. The number of aryl methyl sites for hydroxylation is 2. The number of rotatable bonds is 7. The summed E-state index contributed by atoms with van der Waals surface area (Å²) >= 11 is 0. The summed E-state index contributed by atoms with van der Waals surface area (Å²) < 4.78 is 7.27. The Balaban J connectivity index is 2.74. The first-order valence-corrected chi connectivity index (χ1v) is 5.28. The van der Waals surface area contributed by atoms with Gasteiger partial charge in [0.25, 0.3) is 0 Å². The minimum atomic E-state index is 0.127. The predicted molar refractivity (Wildman–Crippen MR) is 62.4 cm³/mol. The first kappa shape index (κ1) is 12.7. The van der Waals surface area contributed by atoms with Crippen molar-refractivity contribution in [1.29, 1.82) is 0 Å². The van der Waals surface area contributed by atoms with Gasteiger partial charge in [0.2, 0.25) is 5.88 Å². The Labute approximate surface area is 95.7 Å². The van der Waals surface area contributed by atoms with E-state index in [-0.39, 0.29) is 6.61 Å². The lowest BCUT2D eigenvalue weighted by atomic mass is 10.2. The van der Waals surface area contributed by atoms with Gasteiger partial charge < -0.3 is 15.2 Å². The summed E-state index contributed by atoms with van der Waals surface area (Å²) in [6.07, 6.45) is 1.70. The third-order valence-corrected chi connectivity index (χ3v) is 2.22. The monoisotopic (exact) mass is 225 g/mol. The van der Waals surface area contributed by atoms with Gasteiger partial charge in [-0.3, -0.25) is 0 Å². The highest BCUT2D eigenvalue weighted by Gasteiger charge is 2.13.